The van der Waals surface area contributed by atoms with E-state index in [1.165, 1.54) is 6.07 Å². The summed E-state index contributed by atoms with van der Waals surface area (Å²) >= 11 is 0. The molecule has 0 atom stereocenters. The second-order valence-electron chi connectivity index (χ2n) is 6.24. The molecule has 0 saturated heterocycles. The SMILES string of the molecule is Cc1ccccc1OCCN(C)Cc1nc(-c2ccccc2OC(F)F)no1. The molecule has 0 aliphatic heterocycles. The first-order valence-electron chi connectivity index (χ1n) is 8.76. The summed E-state index contributed by atoms with van der Waals surface area (Å²) in [6.45, 7) is 0.633. The van der Waals surface area contributed by atoms with Crippen molar-refractivity contribution in [1.82, 2.24) is 15.0 Å². The molecule has 3 aromatic rings. The minimum absolute atomic E-state index is 0.00448. The molecule has 0 spiro atoms. The van der Waals surface area contributed by atoms with Gasteiger partial charge in [0.15, 0.2) is 0 Å². The number of ether oxygens (including phenoxy) is 2. The van der Waals surface area contributed by atoms with Crippen LogP contribution in [0.4, 0.5) is 8.78 Å². The Bertz CT molecular complexity index is 902. The highest BCUT2D eigenvalue weighted by molar-refractivity contribution is 5.63. The summed E-state index contributed by atoms with van der Waals surface area (Å²) in [6.07, 6.45) is 0. The Kier molecular flexibility index (Phi) is 6.54. The number of hydrogen-bond donors (Lipinski definition) is 0. The van der Waals surface area contributed by atoms with Crippen LogP contribution in [0.1, 0.15) is 11.5 Å². The lowest BCUT2D eigenvalue weighted by atomic mass is 10.2. The molecule has 8 heteroatoms. The summed E-state index contributed by atoms with van der Waals surface area (Å²) < 4.78 is 40.6. The van der Waals surface area contributed by atoms with Gasteiger partial charge in [-0.3, -0.25) is 4.90 Å². The van der Waals surface area contributed by atoms with E-state index in [0.717, 1.165) is 11.3 Å². The fraction of sp³-hybridized carbons (Fsp3) is 0.300. The Labute approximate surface area is 161 Å². The van der Waals surface area contributed by atoms with Crippen LogP contribution in [-0.2, 0) is 6.54 Å². The molecule has 0 amide bonds. The Morgan fingerprint density at radius 3 is 2.54 bits per heavy atom. The molecule has 0 N–H and O–H groups in total. The number of alkyl halides is 2. The first kappa shape index (κ1) is 19.8. The second kappa shape index (κ2) is 9.27. The van der Waals surface area contributed by atoms with Gasteiger partial charge in [-0.2, -0.15) is 13.8 Å². The van der Waals surface area contributed by atoms with E-state index in [4.69, 9.17) is 9.26 Å². The van der Waals surface area contributed by atoms with Crippen LogP contribution >= 0.6 is 0 Å². The Morgan fingerprint density at radius 2 is 1.79 bits per heavy atom. The molecule has 0 aliphatic carbocycles. The predicted molar refractivity (Wildman–Crippen MR) is 99.4 cm³/mol. The monoisotopic (exact) mass is 389 g/mol. The van der Waals surface area contributed by atoms with Crippen LogP contribution in [0.3, 0.4) is 0 Å². The van der Waals surface area contributed by atoms with Gasteiger partial charge in [0.2, 0.25) is 11.7 Å². The highest BCUT2D eigenvalue weighted by atomic mass is 19.3. The summed E-state index contributed by atoms with van der Waals surface area (Å²) in [4.78, 5) is 6.25. The molecule has 6 nitrogen and oxygen atoms in total. The second-order valence-corrected chi connectivity index (χ2v) is 6.24. The molecule has 0 radical (unpaired) electrons. The molecule has 0 fully saturated rings. The van der Waals surface area contributed by atoms with E-state index in [1.807, 2.05) is 43.1 Å². The van der Waals surface area contributed by atoms with Gasteiger partial charge < -0.3 is 14.0 Å². The lowest BCUT2D eigenvalue weighted by Crippen LogP contribution is -2.24. The van der Waals surface area contributed by atoms with Gasteiger partial charge in [-0.25, -0.2) is 0 Å². The van der Waals surface area contributed by atoms with Crippen LogP contribution in [0.25, 0.3) is 11.4 Å². The topological polar surface area (TPSA) is 60.6 Å². The van der Waals surface area contributed by atoms with E-state index in [-0.39, 0.29) is 11.6 Å². The number of halogens is 2. The summed E-state index contributed by atoms with van der Waals surface area (Å²) in [7, 11) is 1.90. The molecule has 3 rings (SSSR count). The van der Waals surface area contributed by atoms with Gasteiger partial charge in [0, 0.05) is 6.54 Å². The van der Waals surface area contributed by atoms with E-state index in [1.54, 1.807) is 18.2 Å². The zero-order valence-corrected chi connectivity index (χ0v) is 15.6. The van der Waals surface area contributed by atoms with Crippen molar-refractivity contribution in [2.75, 3.05) is 20.2 Å². The van der Waals surface area contributed by atoms with Crippen molar-refractivity contribution in [2.24, 2.45) is 0 Å². The Balaban J connectivity index is 1.57. The number of nitrogens with zero attached hydrogens (tertiary/aromatic N) is 3. The summed E-state index contributed by atoms with van der Waals surface area (Å²) in [5.41, 5.74) is 1.43. The molecule has 1 heterocycles. The third-order valence-corrected chi connectivity index (χ3v) is 4.04. The van der Waals surface area contributed by atoms with Crippen LogP contribution in [0.15, 0.2) is 53.1 Å². The number of aryl methyl sites for hydroxylation is 1. The van der Waals surface area contributed by atoms with Crippen molar-refractivity contribution in [3.8, 4) is 22.9 Å². The van der Waals surface area contributed by atoms with Gasteiger partial charge in [-0.05, 0) is 37.7 Å². The predicted octanol–water partition coefficient (Wildman–Crippen LogP) is 4.16. The van der Waals surface area contributed by atoms with Crippen LogP contribution in [0, 0.1) is 6.92 Å². The normalized spacial score (nSPS) is 11.2. The first-order valence-corrected chi connectivity index (χ1v) is 8.76. The Morgan fingerprint density at radius 1 is 1.07 bits per heavy atom. The van der Waals surface area contributed by atoms with E-state index in [0.29, 0.717) is 31.2 Å². The van der Waals surface area contributed by atoms with Crippen LogP contribution in [0.2, 0.25) is 0 Å². The van der Waals surface area contributed by atoms with Gasteiger partial charge in [0.25, 0.3) is 0 Å². The lowest BCUT2D eigenvalue weighted by molar-refractivity contribution is -0.0494. The minimum Gasteiger partial charge on any atom is -0.492 e. The molecule has 1 aromatic heterocycles. The highest BCUT2D eigenvalue weighted by Gasteiger charge is 2.16. The van der Waals surface area contributed by atoms with Crippen molar-refractivity contribution in [3.63, 3.8) is 0 Å². The molecule has 2 aromatic carbocycles. The Hall–Kier alpha value is -3.00. The molecule has 0 unspecified atom stereocenters. The maximum atomic E-state index is 12.6. The van der Waals surface area contributed by atoms with Gasteiger partial charge in [-0.15, -0.1) is 0 Å². The van der Waals surface area contributed by atoms with E-state index in [2.05, 4.69) is 14.9 Å². The van der Waals surface area contributed by atoms with Crippen molar-refractivity contribution in [3.05, 3.63) is 60.0 Å². The van der Waals surface area contributed by atoms with Gasteiger partial charge >= 0.3 is 6.61 Å². The largest absolute Gasteiger partial charge is 0.492 e. The zero-order valence-electron chi connectivity index (χ0n) is 15.6. The molecule has 0 bridgehead atoms. The smallest absolute Gasteiger partial charge is 0.387 e. The number of likely N-dealkylation sites (N-methyl/N-ethyl adjacent to an activating group) is 1. The average molecular weight is 389 g/mol. The molecular weight excluding hydrogens is 368 g/mol. The fourth-order valence-corrected chi connectivity index (χ4v) is 2.62. The zero-order chi connectivity index (χ0) is 19.9. The number of rotatable bonds is 9. The standard InChI is InChI=1S/C20H21F2N3O3/c1-14-7-3-5-9-16(14)26-12-11-25(2)13-18-23-19(24-28-18)15-8-4-6-10-17(15)27-20(21)22/h3-10,20H,11-13H2,1-2H3. The first-order chi connectivity index (χ1) is 13.5. The van der Waals surface area contributed by atoms with Gasteiger partial charge in [0.05, 0.1) is 12.1 Å². The fourth-order valence-electron chi connectivity index (χ4n) is 2.62. The van der Waals surface area contributed by atoms with Crippen molar-refractivity contribution >= 4 is 0 Å². The molecule has 0 saturated carbocycles. The third-order valence-electron chi connectivity index (χ3n) is 4.04. The average Bonchev–Trinajstić information content (AvgIpc) is 3.11. The number of aromatic nitrogens is 2. The van der Waals surface area contributed by atoms with Crippen molar-refractivity contribution < 1.29 is 22.8 Å². The van der Waals surface area contributed by atoms with Crippen LogP contribution < -0.4 is 9.47 Å². The van der Waals surface area contributed by atoms with E-state index < -0.39 is 6.61 Å². The number of hydrogen-bond acceptors (Lipinski definition) is 6. The molecule has 148 valence electrons. The lowest BCUT2D eigenvalue weighted by Gasteiger charge is -2.15. The van der Waals surface area contributed by atoms with Gasteiger partial charge in [0.1, 0.15) is 18.1 Å². The summed E-state index contributed by atoms with van der Waals surface area (Å²) in [5.74, 6) is 1.44. The number of benzene rings is 2. The maximum absolute atomic E-state index is 12.6. The van der Waals surface area contributed by atoms with E-state index >= 15 is 0 Å². The van der Waals surface area contributed by atoms with Crippen molar-refractivity contribution in [1.29, 1.82) is 0 Å². The van der Waals surface area contributed by atoms with Crippen LogP contribution in [-0.4, -0.2) is 41.9 Å². The molecular formula is C20H21F2N3O3. The molecule has 28 heavy (non-hydrogen) atoms. The molecule has 0 aliphatic rings. The van der Waals surface area contributed by atoms with Crippen molar-refractivity contribution in [2.45, 2.75) is 20.1 Å². The summed E-state index contributed by atoms with van der Waals surface area (Å²) in [5, 5.41) is 3.88. The number of para-hydroxylation sites is 2. The summed E-state index contributed by atoms with van der Waals surface area (Å²) in [6, 6.07) is 14.2. The van der Waals surface area contributed by atoms with Gasteiger partial charge in [-0.1, -0.05) is 35.5 Å². The maximum Gasteiger partial charge on any atom is 0.387 e. The van der Waals surface area contributed by atoms with E-state index in [9.17, 15) is 8.78 Å². The minimum atomic E-state index is -2.92. The van der Waals surface area contributed by atoms with Crippen LogP contribution in [0.5, 0.6) is 11.5 Å². The third kappa shape index (κ3) is 5.26. The quantitative estimate of drug-likeness (QED) is 0.548. The highest BCUT2D eigenvalue weighted by Crippen LogP contribution is 2.28.